The first-order chi connectivity index (χ1) is 9.26. The van der Waals surface area contributed by atoms with Gasteiger partial charge in [-0.1, -0.05) is 25.4 Å². The zero-order valence-corrected chi connectivity index (χ0v) is 13.6. The maximum absolute atomic E-state index is 12.3. The Labute approximate surface area is 126 Å². The van der Waals surface area contributed by atoms with Crippen molar-refractivity contribution in [2.45, 2.75) is 31.7 Å². The highest BCUT2D eigenvalue weighted by atomic mass is 35.5. The minimum Gasteiger partial charge on any atom is -0.316 e. The van der Waals surface area contributed by atoms with Gasteiger partial charge in [0.2, 0.25) is 10.0 Å². The van der Waals surface area contributed by atoms with E-state index < -0.39 is 10.0 Å². The smallest absolute Gasteiger partial charge is 0.240 e. The van der Waals surface area contributed by atoms with Crippen molar-refractivity contribution >= 4 is 21.6 Å². The molecule has 0 heterocycles. The van der Waals surface area contributed by atoms with E-state index in [9.17, 15) is 8.42 Å². The predicted octanol–water partition coefficient (Wildman–Crippen LogP) is 2.38. The molecule has 1 atom stereocenters. The second-order valence-corrected chi connectivity index (χ2v) is 8.20. The van der Waals surface area contributed by atoms with E-state index in [-0.39, 0.29) is 10.3 Å². The first-order valence-corrected chi connectivity index (χ1v) is 8.55. The third kappa shape index (κ3) is 3.52. The van der Waals surface area contributed by atoms with Crippen LogP contribution < -0.4 is 10.0 Å². The molecule has 112 valence electrons. The summed E-state index contributed by atoms with van der Waals surface area (Å²) in [6, 6.07) is 4.80. The van der Waals surface area contributed by atoms with E-state index >= 15 is 0 Å². The van der Waals surface area contributed by atoms with Crippen LogP contribution in [0.1, 0.15) is 25.8 Å². The van der Waals surface area contributed by atoms with E-state index in [0.717, 1.165) is 12.0 Å². The highest BCUT2D eigenvalue weighted by Gasteiger charge is 2.45. The van der Waals surface area contributed by atoms with Crippen molar-refractivity contribution in [3.8, 4) is 0 Å². The summed E-state index contributed by atoms with van der Waals surface area (Å²) < 4.78 is 27.2. The van der Waals surface area contributed by atoms with Crippen molar-refractivity contribution in [2.24, 2.45) is 11.3 Å². The summed E-state index contributed by atoms with van der Waals surface area (Å²) in [4.78, 5) is 0.269. The van der Waals surface area contributed by atoms with Crippen molar-refractivity contribution < 1.29 is 8.42 Å². The van der Waals surface area contributed by atoms with Gasteiger partial charge in [0, 0.05) is 18.1 Å². The van der Waals surface area contributed by atoms with Crippen LogP contribution in [0.4, 0.5) is 0 Å². The van der Waals surface area contributed by atoms with Gasteiger partial charge >= 0.3 is 0 Å². The molecule has 1 unspecified atom stereocenters. The van der Waals surface area contributed by atoms with Crippen LogP contribution in [-0.2, 0) is 16.6 Å². The Morgan fingerprint density at radius 1 is 1.40 bits per heavy atom. The van der Waals surface area contributed by atoms with Crippen LogP contribution >= 0.6 is 11.6 Å². The van der Waals surface area contributed by atoms with E-state index in [1.165, 1.54) is 0 Å². The Morgan fingerprint density at radius 3 is 2.60 bits per heavy atom. The molecule has 1 aliphatic carbocycles. The third-order valence-corrected chi connectivity index (χ3v) is 5.72. The number of sulfonamides is 1. The third-order valence-electron chi connectivity index (χ3n) is 3.93. The quantitative estimate of drug-likeness (QED) is 0.847. The maximum atomic E-state index is 12.3. The van der Waals surface area contributed by atoms with Crippen LogP contribution in [0.15, 0.2) is 23.1 Å². The fourth-order valence-electron chi connectivity index (χ4n) is 2.26. The normalized spacial score (nSPS) is 20.9. The largest absolute Gasteiger partial charge is 0.316 e. The molecule has 20 heavy (non-hydrogen) atoms. The molecule has 1 aromatic rings. The number of hydrogen-bond donors (Lipinski definition) is 2. The fourth-order valence-corrected chi connectivity index (χ4v) is 3.58. The van der Waals surface area contributed by atoms with Crippen molar-refractivity contribution in [3.05, 3.63) is 28.8 Å². The zero-order valence-electron chi connectivity index (χ0n) is 12.0. The first kappa shape index (κ1) is 15.8. The van der Waals surface area contributed by atoms with Gasteiger partial charge in [-0.3, -0.25) is 0 Å². The van der Waals surface area contributed by atoms with Crippen LogP contribution in [0.3, 0.4) is 0 Å². The summed E-state index contributed by atoms with van der Waals surface area (Å²) in [5.41, 5.74) is 1.04. The molecule has 0 bridgehead atoms. The SMILES string of the molecule is CNCc1cc(S(=O)(=O)NCC2CC2(C)C)ccc1Cl. The number of rotatable bonds is 6. The molecule has 0 spiro atoms. The minimum absolute atomic E-state index is 0.264. The zero-order chi connectivity index (χ0) is 15.0. The first-order valence-electron chi connectivity index (χ1n) is 6.69. The van der Waals surface area contributed by atoms with E-state index in [1.54, 1.807) is 25.2 Å². The topological polar surface area (TPSA) is 58.2 Å². The predicted molar refractivity (Wildman–Crippen MR) is 81.3 cm³/mol. The molecule has 0 amide bonds. The summed E-state index contributed by atoms with van der Waals surface area (Å²) in [5.74, 6) is 0.432. The van der Waals surface area contributed by atoms with Crippen LogP contribution in [0.5, 0.6) is 0 Å². The molecular formula is C14H21ClN2O2S. The molecule has 0 aromatic heterocycles. The molecular weight excluding hydrogens is 296 g/mol. The Kier molecular flexibility index (Phi) is 4.44. The number of nitrogens with one attached hydrogen (secondary N) is 2. The van der Waals surface area contributed by atoms with Crippen molar-refractivity contribution in [3.63, 3.8) is 0 Å². The van der Waals surface area contributed by atoms with Gasteiger partial charge in [0.15, 0.2) is 0 Å². The molecule has 6 heteroatoms. The molecule has 4 nitrogen and oxygen atoms in total. The van der Waals surface area contributed by atoms with Gasteiger partial charge in [0.25, 0.3) is 0 Å². The minimum atomic E-state index is -3.46. The number of benzene rings is 1. The molecule has 1 aliphatic rings. The highest BCUT2D eigenvalue weighted by Crippen LogP contribution is 2.51. The lowest BCUT2D eigenvalue weighted by Gasteiger charge is -2.10. The van der Waals surface area contributed by atoms with Gasteiger partial charge < -0.3 is 5.32 Å². The number of hydrogen-bond acceptors (Lipinski definition) is 3. The molecule has 0 aliphatic heterocycles. The molecule has 2 rings (SSSR count). The molecule has 0 radical (unpaired) electrons. The summed E-state index contributed by atoms with van der Waals surface area (Å²) in [6.07, 6.45) is 1.07. The van der Waals surface area contributed by atoms with Crippen molar-refractivity contribution in [2.75, 3.05) is 13.6 Å². The lowest BCUT2D eigenvalue weighted by Crippen LogP contribution is -2.27. The lowest BCUT2D eigenvalue weighted by molar-refractivity contribution is 0.537. The Bertz CT molecular complexity index is 599. The standard InChI is InChI=1S/C14H21ClN2O2S/c1-14(2)7-11(14)9-17-20(18,19)12-4-5-13(15)10(6-12)8-16-3/h4-6,11,16-17H,7-9H2,1-3H3. The van der Waals surface area contributed by atoms with Crippen LogP contribution in [0, 0.1) is 11.3 Å². The second kappa shape index (κ2) is 5.64. The van der Waals surface area contributed by atoms with Crippen molar-refractivity contribution in [1.82, 2.24) is 10.0 Å². The highest BCUT2D eigenvalue weighted by molar-refractivity contribution is 7.89. The monoisotopic (exact) mass is 316 g/mol. The summed E-state index contributed by atoms with van der Waals surface area (Å²) in [7, 11) is -1.66. The Balaban J connectivity index is 2.11. The van der Waals surface area contributed by atoms with Crippen LogP contribution in [0.2, 0.25) is 5.02 Å². The van der Waals surface area contributed by atoms with E-state index in [1.807, 2.05) is 0 Å². The summed E-state index contributed by atoms with van der Waals surface area (Å²) in [6.45, 7) is 5.34. The molecule has 1 fully saturated rings. The van der Waals surface area contributed by atoms with Gasteiger partial charge in [-0.25, -0.2) is 13.1 Å². The Morgan fingerprint density at radius 2 is 2.05 bits per heavy atom. The van der Waals surface area contributed by atoms with Crippen molar-refractivity contribution in [1.29, 1.82) is 0 Å². The molecule has 0 saturated heterocycles. The van der Waals surface area contributed by atoms with Gasteiger partial charge in [0.05, 0.1) is 4.90 Å². The van der Waals surface area contributed by atoms with Gasteiger partial charge in [-0.15, -0.1) is 0 Å². The Hall–Kier alpha value is -0.620. The summed E-state index contributed by atoms with van der Waals surface area (Å²) >= 11 is 6.04. The second-order valence-electron chi connectivity index (χ2n) is 6.03. The average Bonchev–Trinajstić information content (AvgIpc) is 2.98. The van der Waals surface area contributed by atoms with E-state index in [0.29, 0.717) is 24.0 Å². The fraction of sp³-hybridized carbons (Fsp3) is 0.571. The van der Waals surface area contributed by atoms with E-state index in [2.05, 4.69) is 23.9 Å². The lowest BCUT2D eigenvalue weighted by atomic mass is 10.1. The van der Waals surface area contributed by atoms with E-state index in [4.69, 9.17) is 11.6 Å². The maximum Gasteiger partial charge on any atom is 0.240 e. The molecule has 1 aromatic carbocycles. The number of halogens is 1. The average molecular weight is 317 g/mol. The van der Waals surface area contributed by atoms with Gasteiger partial charge in [-0.2, -0.15) is 0 Å². The molecule has 1 saturated carbocycles. The van der Waals surface area contributed by atoms with Gasteiger partial charge in [0.1, 0.15) is 0 Å². The molecule has 2 N–H and O–H groups in total. The summed E-state index contributed by atoms with van der Waals surface area (Å²) in [5, 5.41) is 3.55. The van der Waals surface area contributed by atoms with Gasteiger partial charge in [-0.05, 0) is 48.6 Å². The van der Waals surface area contributed by atoms with Crippen LogP contribution in [0.25, 0.3) is 0 Å². The van der Waals surface area contributed by atoms with Crippen LogP contribution in [-0.4, -0.2) is 22.0 Å².